The first-order valence-corrected chi connectivity index (χ1v) is 8.16. The van der Waals surface area contributed by atoms with Gasteiger partial charge in [0.25, 0.3) is 5.56 Å². The summed E-state index contributed by atoms with van der Waals surface area (Å²) >= 11 is 0. The molecule has 6 heteroatoms. The second-order valence-corrected chi connectivity index (χ2v) is 6.12. The van der Waals surface area contributed by atoms with Crippen molar-refractivity contribution in [3.05, 3.63) is 32.6 Å². The van der Waals surface area contributed by atoms with Gasteiger partial charge >= 0.3 is 11.7 Å². The van der Waals surface area contributed by atoms with Crippen LogP contribution in [-0.2, 0) is 6.54 Å². The first kappa shape index (κ1) is 16.5. The van der Waals surface area contributed by atoms with E-state index in [0.29, 0.717) is 24.6 Å². The van der Waals surface area contributed by atoms with Crippen LogP contribution in [-0.4, -0.2) is 21.7 Å². The number of amides is 1. The molecular weight excluding hydrogens is 282 g/mol. The molecule has 1 aromatic heterocycles. The normalized spacial score (nSPS) is 14.1. The topological polar surface area (TPSA) is 73.1 Å². The summed E-state index contributed by atoms with van der Waals surface area (Å²) in [6, 6.07) is -0.450. The number of carbonyl (C=O) groups excluding carboxylic acids is 1. The molecule has 0 radical (unpaired) electrons. The molecule has 6 nitrogen and oxygen atoms in total. The van der Waals surface area contributed by atoms with Crippen LogP contribution in [0.25, 0.3) is 0 Å². The van der Waals surface area contributed by atoms with Crippen LogP contribution in [0.3, 0.4) is 0 Å². The molecule has 1 N–H and O–H groups in total. The zero-order valence-electron chi connectivity index (χ0n) is 13.4. The fourth-order valence-electron chi connectivity index (χ4n) is 2.43. The Morgan fingerprint density at radius 2 is 2.00 bits per heavy atom. The third-order valence-corrected chi connectivity index (χ3v) is 4.01. The van der Waals surface area contributed by atoms with E-state index < -0.39 is 11.7 Å². The lowest BCUT2D eigenvalue weighted by molar-refractivity contribution is 0.240. The van der Waals surface area contributed by atoms with Crippen molar-refractivity contribution in [2.45, 2.75) is 58.9 Å². The fourth-order valence-corrected chi connectivity index (χ4v) is 2.43. The molecule has 1 fully saturated rings. The van der Waals surface area contributed by atoms with E-state index in [4.69, 9.17) is 0 Å². The fraction of sp³-hybridized carbons (Fsp3) is 0.688. The third-order valence-electron chi connectivity index (χ3n) is 4.01. The van der Waals surface area contributed by atoms with E-state index in [0.717, 1.165) is 43.1 Å². The molecule has 1 aliphatic carbocycles. The predicted octanol–water partition coefficient (Wildman–Crippen LogP) is 1.87. The maximum atomic E-state index is 12.3. The van der Waals surface area contributed by atoms with Crippen molar-refractivity contribution in [2.75, 3.05) is 6.54 Å². The summed E-state index contributed by atoms with van der Waals surface area (Å²) in [5.41, 5.74) is -0.404. The molecule has 0 saturated heterocycles. The van der Waals surface area contributed by atoms with Crippen LogP contribution >= 0.6 is 0 Å². The smallest absolute Gasteiger partial charge is 0.337 e. The van der Waals surface area contributed by atoms with Crippen molar-refractivity contribution >= 4 is 6.03 Å². The number of carbonyl (C=O) groups is 1. The highest BCUT2D eigenvalue weighted by molar-refractivity contribution is 5.76. The van der Waals surface area contributed by atoms with Gasteiger partial charge in [-0.2, -0.15) is 0 Å². The maximum absolute atomic E-state index is 12.3. The highest BCUT2D eigenvalue weighted by atomic mass is 16.2. The SMILES string of the molecule is CCCCCCNC(=O)n1cc(C)c(=O)n(CC2CC2)c1=O. The largest absolute Gasteiger partial charge is 0.339 e. The lowest BCUT2D eigenvalue weighted by Gasteiger charge is -2.11. The zero-order chi connectivity index (χ0) is 16.1. The molecule has 0 bridgehead atoms. The van der Waals surface area contributed by atoms with Gasteiger partial charge in [0.1, 0.15) is 0 Å². The van der Waals surface area contributed by atoms with Crippen molar-refractivity contribution in [3.63, 3.8) is 0 Å². The van der Waals surface area contributed by atoms with Crippen molar-refractivity contribution in [3.8, 4) is 0 Å². The zero-order valence-corrected chi connectivity index (χ0v) is 13.4. The van der Waals surface area contributed by atoms with E-state index in [1.54, 1.807) is 6.92 Å². The monoisotopic (exact) mass is 307 g/mol. The summed E-state index contributed by atoms with van der Waals surface area (Å²) < 4.78 is 2.22. The van der Waals surface area contributed by atoms with Gasteiger partial charge in [-0.15, -0.1) is 0 Å². The molecule has 0 aliphatic heterocycles. The van der Waals surface area contributed by atoms with Crippen LogP contribution in [0, 0.1) is 12.8 Å². The second-order valence-electron chi connectivity index (χ2n) is 6.12. The van der Waals surface area contributed by atoms with Gasteiger partial charge in [0.2, 0.25) is 0 Å². The van der Waals surface area contributed by atoms with Crippen LogP contribution in [0.2, 0.25) is 0 Å². The van der Waals surface area contributed by atoms with Crippen molar-refractivity contribution in [2.24, 2.45) is 5.92 Å². The average molecular weight is 307 g/mol. The minimum absolute atomic E-state index is 0.288. The van der Waals surface area contributed by atoms with Crippen LogP contribution in [0.15, 0.2) is 15.8 Å². The summed E-state index contributed by atoms with van der Waals surface area (Å²) in [6.45, 7) is 4.73. The summed E-state index contributed by atoms with van der Waals surface area (Å²) in [5.74, 6) is 0.401. The van der Waals surface area contributed by atoms with Gasteiger partial charge in [-0.1, -0.05) is 26.2 Å². The summed E-state index contributed by atoms with van der Waals surface area (Å²) in [6.07, 6.45) is 7.67. The molecule has 0 unspecified atom stereocenters. The number of nitrogens with zero attached hydrogens (tertiary/aromatic N) is 2. The molecule has 1 heterocycles. The van der Waals surface area contributed by atoms with Crippen molar-refractivity contribution in [1.29, 1.82) is 0 Å². The molecular formula is C16H25N3O3. The number of rotatable bonds is 7. The number of aromatic nitrogens is 2. The molecule has 0 aromatic carbocycles. The Morgan fingerprint density at radius 1 is 1.27 bits per heavy atom. The van der Waals surface area contributed by atoms with E-state index in [-0.39, 0.29) is 5.56 Å². The quantitative estimate of drug-likeness (QED) is 0.782. The lowest BCUT2D eigenvalue weighted by atomic mass is 10.2. The Hall–Kier alpha value is -1.85. The van der Waals surface area contributed by atoms with Crippen LogP contribution in [0.1, 0.15) is 51.0 Å². The minimum Gasteiger partial charge on any atom is -0.337 e. The van der Waals surface area contributed by atoms with Gasteiger partial charge < -0.3 is 5.32 Å². The van der Waals surface area contributed by atoms with E-state index in [1.807, 2.05) is 0 Å². The Balaban J connectivity index is 2.09. The first-order chi connectivity index (χ1) is 10.5. The minimum atomic E-state index is -0.534. The molecule has 1 aromatic rings. The lowest BCUT2D eigenvalue weighted by Crippen LogP contribution is -2.46. The van der Waals surface area contributed by atoms with E-state index in [2.05, 4.69) is 12.2 Å². The third kappa shape index (κ3) is 4.08. The number of aryl methyl sites for hydroxylation is 1. The highest BCUT2D eigenvalue weighted by Gasteiger charge is 2.24. The van der Waals surface area contributed by atoms with Crippen LogP contribution in [0.5, 0.6) is 0 Å². The molecule has 1 saturated carbocycles. The second kappa shape index (κ2) is 7.42. The molecule has 122 valence electrons. The summed E-state index contributed by atoms with van der Waals surface area (Å²) in [4.78, 5) is 36.6. The standard InChI is InChI=1S/C16H25N3O3/c1-3-4-5-6-9-17-15(21)19-10-12(2)14(20)18(16(19)22)11-13-7-8-13/h10,13H,3-9,11H2,1-2H3,(H,17,21). The van der Waals surface area contributed by atoms with Gasteiger partial charge in [-0.3, -0.25) is 9.36 Å². The molecule has 22 heavy (non-hydrogen) atoms. The molecule has 0 atom stereocenters. The molecule has 1 amide bonds. The highest BCUT2D eigenvalue weighted by Crippen LogP contribution is 2.29. The number of unbranched alkanes of at least 4 members (excludes halogenated alkanes) is 3. The maximum Gasteiger partial charge on any atom is 0.339 e. The number of hydrogen-bond donors (Lipinski definition) is 1. The first-order valence-electron chi connectivity index (χ1n) is 8.16. The van der Waals surface area contributed by atoms with Crippen molar-refractivity contribution in [1.82, 2.24) is 14.5 Å². The van der Waals surface area contributed by atoms with Gasteiger partial charge in [0.05, 0.1) is 0 Å². The molecule has 2 rings (SSSR count). The van der Waals surface area contributed by atoms with E-state index in [1.165, 1.54) is 10.8 Å². The number of hydrogen-bond acceptors (Lipinski definition) is 3. The Morgan fingerprint density at radius 3 is 2.64 bits per heavy atom. The summed E-state index contributed by atoms with van der Waals surface area (Å²) in [5, 5.41) is 2.75. The van der Waals surface area contributed by atoms with Crippen LogP contribution < -0.4 is 16.6 Å². The Kier molecular flexibility index (Phi) is 5.57. The van der Waals surface area contributed by atoms with Gasteiger partial charge in [-0.25, -0.2) is 14.2 Å². The van der Waals surface area contributed by atoms with Crippen molar-refractivity contribution < 1.29 is 4.79 Å². The molecule has 1 aliphatic rings. The average Bonchev–Trinajstić information content (AvgIpc) is 3.31. The van der Waals surface area contributed by atoms with Crippen LogP contribution in [0.4, 0.5) is 4.79 Å². The Bertz CT molecular complexity index is 641. The van der Waals surface area contributed by atoms with E-state index >= 15 is 0 Å². The summed E-state index contributed by atoms with van der Waals surface area (Å²) in [7, 11) is 0. The van der Waals surface area contributed by atoms with Gasteiger partial charge in [-0.05, 0) is 32.1 Å². The van der Waals surface area contributed by atoms with Gasteiger partial charge in [0, 0.05) is 24.8 Å². The number of nitrogens with one attached hydrogen (secondary N) is 1. The van der Waals surface area contributed by atoms with E-state index in [9.17, 15) is 14.4 Å². The Labute approximate surface area is 130 Å². The molecule has 0 spiro atoms. The van der Waals surface area contributed by atoms with Gasteiger partial charge in [0.15, 0.2) is 0 Å². The predicted molar refractivity (Wildman–Crippen MR) is 85.4 cm³/mol.